The molecule has 4 heterocycles. The number of hydrazine groups is 1. The second kappa shape index (κ2) is 6.73. The fourth-order valence-electron chi connectivity index (χ4n) is 3.10. The van der Waals surface area contributed by atoms with Crippen molar-refractivity contribution in [1.29, 1.82) is 0 Å². The van der Waals surface area contributed by atoms with Gasteiger partial charge in [-0.25, -0.2) is 9.97 Å². The number of hydrogen-bond donors (Lipinski definition) is 2. The van der Waals surface area contributed by atoms with Crippen molar-refractivity contribution in [2.24, 2.45) is 13.0 Å². The van der Waals surface area contributed by atoms with Crippen molar-refractivity contribution in [2.45, 2.75) is 6.42 Å². The maximum absolute atomic E-state index is 4.80. The third-order valence-corrected chi connectivity index (χ3v) is 4.61. The molecule has 0 bridgehead atoms. The molecular weight excluding hydrogens is 316 g/mol. The van der Waals surface area contributed by atoms with Crippen LogP contribution in [0.1, 0.15) is 6.42 Å². The molecule has 3 aromatic rings. The van der Waals surface area contributed by atoms with Gasteiger partial charge < -0.3 is 4.90 Å². The van der Waals surface area contributed by atoms with Crippen LogP contribution in [0.15, 0.2) is 30.6 Å². The summed E-state index contributed by atoms with van der Waals surface area (Å²) in [4.78, 5) is 16.0. The highest BCUT2D eigenvalue weighted by atomic mass is 15.4. The smallest absolute Gasteiger partial charge is 0.182 e. The minimum atomic E-state index is 0.628. The number of nitrogens with zero attached hydrogens (tertiary/aromatic N) is 6. The van der Waals surface area contributed by atoms with Gasteiger partial charge in [0.25, 0.3) is 0 Å². The number of hydrogen-bond acceptors (Lipinski definition) is 7. The summed E-state index contributed by atoms with van der Waals surface area (Å²) in [5.41, 5.74) is 7.96. The Morgan fingerprint density at radius 1 is 1.24 bits per heavy atom. The Bertz CT molecular complexity index is 854. The van der Waals surface area contributed by atoms with E-state index in [2.05, 4.69) is 37.9 Å². The van der Waals surface area contributed by atoms with Crippen LogP contribution in [0.25, 0.3) is 22.6 Å². The molecule has 0 amide bonds. The van der Waals surface area contributed by atoms with Gasteiger partial charge in [-0.05, 0) is 24.5 Å². The Labute approximate surface area is 146 Å². The highest BCUT2D eigenvalue weighted by molar-refractivity contribution is 5.88. The zero-order chi connectivity index (χ0) is 17.2. The van der Waals surface area contributed by atoms with E-state index in [1.54, 1.807) is 10.9 Å². The number of nitrogens with one attached hydrogen (secondary N) is 2. The average Bonchev–Trinajstić information content (AvgIpc) is 3.30. The van der Waals surface area contributed by atoms with Crippen molar-refractivity contribution in [3.63, 3.8) is 0 Å². The summed E-state index contributed by atoms with van der Waals surface area (Å²) in [6.45, 7) is 2.95. The second-order valence-corrected chi connectivity index (χ2v) is 6.43. The first-order chi connectivity index (χ1) is 12.2. The van der Waals surface area contributed by atoms with Gasteiger partial charge in [0.1, 0.15) is 11.5 Å². The van der Waals surface area contributed by atoms with Crippen molar-refractivity contribution >= 4 is 16.9 Å². The SMILES string of the molecule is CN(CCC1CNNC1)c1nc(-c2ccccn2)nc2c1cnn2C. The molecule has 8 heteroatoms. The van der Waals surface area contributed by atoms with E-state index in [0.29, 0.717) is 11.7 Å². The summed E-state index contributed by atoms with van der Waals surface area (Å²) in [5, 5.41) is 5.32. The molecule has 8 nitrogen and oxygen atoms in total. The van der Waals surface area contributed by atoms with Crippen LogP contribution < -0.4 is 15.8 Å². The number of anilines is 1. The molecular formula is C17H22N8. The third-order valence-electron chi connectivity index (χ3n) is 4.61. The van der Waals surface area contributed by atoms with Gasteiger partial charge in [0.15, 0.2) is 11.5 Å². The normalized spacial score (nSPS) is 15.1. The first kappa shape index (κ1) is 15.9. The number of rotatable bonds is 5. The highest BCUT2D eigenvalue weighted by Gasteiger charge is 2.19. The molecule has 4 rings (SSSR count). The number of aromatic nitrogens is 5. The average molecular weight is 338 g/mol. The molecule has 0 saturated carbocycles. The van der Waals surface area contributed by atoms with Gasteiger partial charge in [0.2, 0.25) is 0 Å². The van der Waals surface area contributed by atoms with E-state index in [1.807, 2.05) is 31.4 Å². The van der Waals surface area contributed by atoms with Crippen molar-refractivity contribution in [3.05, 3.63) is 30.6 Å². The monoisotopic (exact) mass is 338 g/mol. The van der Waals surface area contributed by atoms with E-state index < -0.39 is 0 Å². The van der Waals surface area contributed by atoms with Gasteiger partial charge >= 0.3 is 0 Å². The molecule has 25 heavy (non-hydrogen) atoms. The number of aryl methyl sites for hydroxylation is 1. The van der Waals surface area contributed by atoms with E-state index >= 15 is 0 Å². The lowest BCUT2D eigenvalue weighted by atomic mass is 10.1. The summed E-state index contributed by atoms with van der Waals surface area (Å²) < 4.78 is 1.78. The quantitative estimate of drug-likeness (QED) is 0.717. The lowest BCUT2D eigenvalue weighted by Crippen LogP contribution is -2.24. The minimum Gasteiger partial charge on any atom is -0.359 e. The third kappa shape index (κ3) is 3.18. The predicted octanol–water partition coefficient (Wildman–Crippen LogP) is 0.976. The van der Waals surface area contributed by atoms with Crippen LogP contribution in [0.4, 0.5) is 5.82 Å². The molecule has 3 aromatic heterocycles. The molecule has 0 atom stereocenters. The van der Waals surface area contributed by atoms with Gasteiger partial charge in [0, 0.05) is 39.9 Å². The van der Waals surface area contributed by atoms with E-state index in [1.165, 1.54) is 0 Å². The van der Waals surface area contributed by atoms with E-state index in [0.717, 1.165) is 48.6 Å². The molecule has 130 valence electrons. The van der Waals surface area contributed by atoms with Gasteiger partial charge in [-0.2, -0.15) is 5.10 Å². The first-order valence-corrected chi connectivity index (χ1v) is 8.50. The first-order valence-electron chi connectivity index (χ1n) is 8.50. The summed E-state index contributed by atoms with van der Waals surface area (Å²) >= 11 is 0. The van der Waals surface area contributed by atoms with Crippen molar-refractivity contribution in [3.8, 4) is 11.5 Å². The molecule has 0 spiro atoms. The lowest BCUT2D eigenvalue weighted by Gasteiger charge is -2.21. The fraction of sp³-hybridized carbons (Fsp3) is 0.412. The van der Waals surface area contributed by atoms with Crippen LogP contribution in [0.2, 0.25) is 0 Å². The Kier molecular flexibility index (Phi) is 4.29. The van der Waals surface area contributed by atoms with E-state index in [4.69, 9.17) is 4.98 Å². The summed E-state index contributed by atoms with van der Waals surface area (Å²) in [7, 11) is 3.98. The zero-order valence-corrected chi connectivity index (χ0v) is 14.5. The van der Waals surface area contributed by atoms with E-state index in [9.17, 15) is 0 Å². The molecule has 2 N–H and O–H groups in total. The molecule has 1 saturated heterocycles. The Morgan fingerprint density at radius 2 is 2.08 bits per heavy atom. The predicted molar refractivity (Wildman–Crippen MR) is 96.9 cm³/mol. The Hall–Kier alpha value is -2.58. The Balaban J connectivity index is 1.68. The summed E-state index contributed by atoms with van der Waals surface area (Å²) in [5.74, 6) is 2.17. The molecule has 0 radical (unpaired) electrons. The van der Waals surface area contributed by atoms with Crippen molar-refractivity contribution in [1.82, 2.24) is 35.6 Å². The molecule has 1 aliphatic rings. The lowest BCUT2D eigenvalue weighted by molar-refractivity contribution is 0.556. The number of fused-ring (bicyclic) bond motifs is 1. The summed E-state index contributed by atoms with van der Waals surface area (Å²) in [6.07, 6.45) is 4.69. The van der Waals surface area contributed by atoms with Gasteiger partial charge in [-0.15, -0.1) is 0 Å². The van der Waals surface area contributed by atoms with Crippen LogP contribution >= 0.6 is 0 Å². The van der Waals surface area contributed by atoms with Gasteiger partial charge in [-0.3, -0.25) is 20.5 Å². The van der Waals surface area contributed by atoms with Gasteiger partial charge in [-0.1, -0.05) is 6.07 Å². The molecule has 0 unspecified atom stereocenters. The van der Waals surface area contributed by atoms with Gasteiger partial charge in [0.05, 0.1) is 11.6 Å². The fourth-order valence-corrected chi connectivity index (χ4v) is 3.10. The van der Waals surface area contributed by atoms with Crippen molar-refractivity contribution in [2.75, 3.05) is 31.6 Å². The highest BCUT2D eigenvalue weighted by Crippen LogP contribution is 2.26. The molecule has 0 aromatic carbocycles. The van der Waals surface area contributed by atoms with Crippen LogP contribution in [-0.4, -0.2) is 51.4 Å². The van der Waals surface area contributed by atoms with Crippen LogP contribution in [0, 0.1) is 5.92 Å². The van der Waals surface area contributed by atoms with Crippen LogP contribution in [0.5, 0.6) is 0 Å². The molecule has 1 aliphatic heterocycles. The summed E-state index contributed by atoms with van der Waals surface area (Å²) in [6, 6.07) is 5.77. The topological polar surface area (TPSA) is 83.8 Å². The zero-order valence-electron chi connectivity index (χ0n) is 14.5. The van der Waals surface area contributed by atoms with Crippen LogP contribution in [0.3, 0.4) is 0 Å². The standard InChI is InChI=1S/C17H22N8/c1-24(8-6-12-9-19-20-10-12)16-13-11-21-25(2)17(13)23-15(22-16)14-5-3-4-7-18-14/h3-5,7,11-12,19-20H,6,8-10H2,1-2H3. The largest absolute Gasteiger partial charge is 0.359 e. The number of pyridine rings is 1. The minimum absolute atomic E-state index is 0.628. The van der Waals surface area contributed by atoms with Crippen molar-refractivity contribution < 1.29 is 0 Å². The van der Waals surface area contributed by atoms with Crippen LogP contribution in [-0.2, 0) is 7.05 Å². The molecule has 1 fully saturated rings. The molecule has 0 aliphatic carbocycles. The van der Waals surface area contributed by atoms with E-state index in [-0.39, 0.29) is 0 Å². The second-order valence-electron chi connectivity index (χ2n) is 6.43. The maximum Gasteiger partial charge on any atom is 0.182 e. The maximum atomic E-state index is 4.80. The Morgan fingerprint density at radius 3 is 2.84 bits per heavy atom.